The van der Waals surface area contributed by atoms with Gasteiger partial charge in [0.2, 0.25) is 5.13 Å². The predicted molar refractivity (Wildman–Crippen MR) is 47.1 cm³/mol. The molecule has 1 aliphatic heterocycles. The third-order valence-electron chi connectivity index (χ3n) is 2.00. The maximum absolute atomic E-state index is 5.48. The summed E-state index contributed by atoms with van der Waals surface area (Å²) in [7, 11) is 0. The van der Waals surface area contributed by atoms with Gasteiger partial charge in [-0.3, -0.25) is 0 Å². The van der Waals surface area contributed by atoms with Gasteiger partial charge in [-0.15, -0.1) is 10.2 Å². The molecule has 1 aromatic heterocycles. The van der Waals surface area contributed by atoms with Gasteiger partial charge in [0.05, 0.1) is 12.7 Å². The van der Waals surface area contributed by atoms with Crippen LogP contribution in [0.4, 0.5) is 5.13 Å². The highest BCUT2D eigenvalue weighted by molar-refractivity contribution is 7.15. The van der Waals surface area contributed by atoms with Crippen LogP contribution in [0.15, 0.2) is 0 Å². The third-order valence-corrected chi connectivity index (χ3v) is 2.92. The van der Waals surface area contributed by atoms with E-state index in [1.165, 1.54) is 11.3 Å². The fourth-order valence-electron chi connectivity index (χ4n) is 1.40. The van der Waals surface area contributed by atoms with E-state index in [0.717, 1.165) is 18.0 Å². The number of nitrogen functional groups attached to an aromatic ring is 1. The smallest absolute Gasteiger partial charge is 0.203 e. The van der Waals surface area contributed by atoms with Gasteiger partial charge in [-0.05, 0) is 13.3 Å². The van der Waals surface area contributed by atoms with Crippen molar-refractivity contribution in [2.45, 2.75) is 25.4 Å². The van der Waals surface area contributed by atoms with Gasteiger partial charge < -0.3 is 10.5 Å². The van der Waals surface area contributed by atoms with E-state index in [1.54, 1.807) is 0 Å². The number of anilines is 1. The second kappa shape index (κ2) is 2.99. The Morgan fingerprint density at radius 1 is 1.58 bits per heavy atom. The maximum Gasteiger partial charge on any atom is 0.203 e. The van der Waals surface area contributed by atoms with Crippen molar-refractivity contribution < 1.29 is 4.74 Å². The van der Waals surface area contributed by atoms with E-state index in [0.29, 0.717) is 17.2 Å². The molecule has 66 valence electrons. The molecule has 2 heterocycles. The second-order valence-corrected chi connectivity index (χ2v) is 4.10. The Labute approximate surface area is 74.8 Å². The highest BCUT2D eigenvalue weighted by Gasteiger charge is 2.26. The summed E-state index contributed by atoms with van der Waals surface area (Å²) in [6.45, 7) is 2.83. The Morgan fingerprint density at radius 2 is 2.42 bits per heavy atom. The minimum atomic E-state index is 0.347. The highest BCUT2D eigenvalue weighted by atomic mass is 32.1. The summed E-state index contributed by atoms with van der Waals surface area (Å²) in [5.74, 6) is 0.412. The Bertz CT molecular complexity index is 275. The molecule has 1 fully saturated rings. The molecular formula is C7H11N3OS. The van der Waals surface area contributed by atoms with Crippen LogP contribution in [0.25, 0.3) is 0 Å². The van der Waals surface area contributed by atoms with E-state index in [2.05, 4.69) is 17.1 Å². The highest BCUT2D eigenvalue weighted by Crippen LogP contribution is 2.31. The lowest BCUT2D eigenvalue weighted by molar-refractivity contribution is 0.123. The van der Waals surface area contributed by atoms with Crippen molar-refractivity contribution in [1.82, 2.24) is 10.2 Å². The molecule has 5 heteroatoms. The summed E-state index contributed by atoms with van der Waals surface area (Å²) >= 11 is 1.46. The number of rotatable bonds is 1. The molecule has 0 bridgehead atoms. The number of hydrogen-bond donors (Lipinski definition) is 1. The molecule has 12 heavy (non-hydrogen) atoms. The van der Waals surface area contributed by atoms with Gasteiger partial charge in [-0.1, -0.05) is 11.3 Å². The molecule has 2 N–H and O–H groups in total. The van der Waals surface area contributed by atoms with Crippen molar-refractivity contribution in [3.8, 4) is 0 Å². The van der Waals surface area contributed by atoms with Crippen LogP contribution >= 0.6 is 11.3 Å². The number of nitrogens with two attached hydrogens (primary N) is 1. The Kier molecular flexibility index (Phi) is 1.98. The van der Waals surface area contributed by atoms with Crippen LogP contribution in [0.3, 0.4) is 0 Å². The third kappa shape index (κ3) is 1.42. The van der Waals surface area contributed by atoms with Crippen LogP contribution in [0.1, 0.15) is 24.3 Å². The van der Waals surface area contributed by atoms with Crippen LogP contribution < -0.4 is 5.73 Å². The molecular weight excluding hydrogens is 174 g/mol. The molecule has 4 nitrogen and oxygen atoms in total. The zero-order valence-corrected chi connectivity index (χ0v) is 7.67. The summed E-state index contributed by atoms with van der Waals surface area (Å²) in [5.41, 5.74) is 5.48. The molecule has 0 aliphatic carbocycles. The Balaban J connectivity index is 2.11. The minimum Gasteiger partial charge on any atom is -0.378 e. The molecule has 2 unspecified atom stereocenters. The van der Waals surface area contributed by atoms with Crippen molar-refractivity contribution >= 4 is 16.5 Å². The summed E-state index contributed by atoms with van der Waals surface area (Å²) in [4.78, 5) is 0. The van der Waals surface area contributed by atoms with Crippen LogP contribution in [-0.2, 0) is 4.74 Å². The van der Waals surface area contributed by atoms with E-state index < -0.39 is 0 Å². The average molecular weight is 185 g/mol. The molecule has 0 radical (unpaired) electrons. The lowest BCUT2D eigenvalue weighted by Crippen LogP contribution is -1.97. The van der Waals surface area contributed by atoms with E-state index in [4.69, 9.17) is 10.5 Å². The van der Waals surface area contributed by atoms with Gasteiger partial charge in [0.25, 0.3) is 0 Å². The Morgan fingerprint density at radius 3 is 2.92 bits per heavy atom. The molecule has 0 saturated carbocycles. The summed E-state index contributed by atoms with van der Waals surface area (Å²) in [6, 6.07) is 0. The molecule has 0 amide bonds. The molecule has 1 aliphatic rings. The number of nitrogens with zero attached hydrogens (tertiary/aromatic N) is 2. The minimum absolute atomic E-state index is 0.347. The van der Waals surface area contributed by atoms with Gasteiger partial charge in [0.15, 0.2) is 0 Å². The van der Waals surface area contributed by atoms with Crippen molar-refractivity contribution in [2.75, 3.05) is 12.3 Å². The van der Waals surface area contributed by atoms with Crippen LogP contribution in [-0.4, -0.2) is 22.9 Å². The number of hydrogen-bond acceptors (Lipinski definition) is 5. The first-order chi connectivity index (χ1) is 5.75. The fraction of sp³-hybridized carbons (Fsp3) is 0.714. The van der Waals surface area contributed by atoms with Crippen LogP contribution in [0, 0.1) is 0 Å². The molecule has 2 rings (SSSR count). The first kappa shape index (κ1) is 7.94. The molecule has 2 atom stereocenters. The standard InChI is InChI=1S/C7H11N3OS/c1-4-2-5(3-11-4)6-9-10-7(8)12-6/h4-5H,2-3H2,1H3,(H2,8,10). The zero-order valence-electron chi connectivity index (χ0n) is 6.86. The van der Waals surface area contributed by atoms with Crippen molar-refractivity contribution in [2.24, 2.45) is 0 Å². The van der Waals surface area contributed by atoms with Gasteiger partial charge in [-0.25, -0.2) is 0 Å². The largest absolute Gasteiger partial charge is 0.378 e. The first-order valence-corrected chi connectivity index (χ1v) is 4.78. The van der Waals surface area contributed by atoms with Crippen molar-refractivity contribution in [3.63, 3.8) is 0 Å². The molecule has 1 aromatic rings. The SMILES string of the molecule is CC1CC(c2nnc(N)s2)CO1. The summed E-state index contributed by atoms with van der Waals surface area (Å²) in [5, 5.41) is 9.33. The molecule has 0 aromatic carbocycles. The van der Waals surface area contributed by atoms with Crippen LogP contribution in [0.2, 0.25) is 0 Å². The summed E-state index contributed by atoms with van der Waals surface area (Å²) in [6.07, 6.45) is 1.38. The molecule has 1 saturated heterocycles. The normalized spacial score (nSPS) is 29.4. The lowest BCUT2D eigenvalue weighted by Gasteiger charge is -1.99. The van der Waals surface area contributed by atoms with Gasteiger partial charge in [-0.2, -0.15) is 0 Å². The summed E-state index contributed by atoms with van der Waals surface area (Å²) < 4.78 is 5.43. The van der Waals surface area contributed by atoms with Gasteiger partial charge in [0.1, 0.15) is 5.01 Å². The monoisotopic (exact) mass is 185 g/mol. The predicted octanol–water partition coefficient (Wildman–Crippen LogP) is 1.01. The lowest BCUT2D eigenvalue weighted by atomic mass is 10.1. The average Bonchev–Trinajstić information content (AvgIpc) is 2.58. The van der Waals surface area contributed by atoms with Gasteiger partial charge in [0, 0.05) is 5.92 Å². The number of ether oxygens (including phenoxy) is 1. The quantitative estimate of drug-likeness (QED) is 0.709. The van der Waals surface area contributed by atoms with E-state index in [9.17, 15) is 0 Å². The Hall–Kier alpha value is -0.680. The fourth-order valence-corrected chi connectivity index (χ4v) is 2.11. The van der Waals surface area contributed by atoms with Crippen molar-refractivity contribution in [1.29, 1.82) is 0 Å². The first-order valence-electron chi connectivity index (χ1n) is 3.96. The van der Waals surface area contributed by atoms with Gasteiger partial charge >= 0.3 is 0 Å². The topological polar surface area (TPSA) is 61.0 Å². The molecule has 0 spiro atoms. The maximum atomic E-state index is 5.48. The van der Waals surface area contributed by atoms with Crippen molar-refractivity contribution in [3.05, 3.63) is 5.01 Å². The van der Waals surface area contributed by atoms with E-state index >= 15 is 0 Å². The number of aromatic nitrogens is 2. The van der Waals surface area contributed by atoms with E-state index in [-0.39, 0.29) is 0 Å². The van der Waals surface area contributed by atoms with Crippen LogP contribution in [0.5, 0.6) is 0 Å². The van der Waals surface area contributed by atoms with E-state index in [1.807, 2.05) is 0 Å². The second-order valence-electron chi connectivity index (χ2n) is 3.06. The zero-order chi connectivity index (χ0) is 8.55.